The first-order valence-electron chi connectivity index (χ1n) is 3.77. The highest BCUT2D eigenvalue weighted by molar-refractivity contribution is 5.29. The third-order valence-electron chi connectivity index (χ3n) is 1.37. The number of rotatable bonds is 4. The summed E-state index contributed by atoms with van der Waals surface area (Å²) in [4.78, 5) is 9.50. The number of aryl methyl sites for hydroxylation is 1. The summed E-state index contributed by atoms with van der Waals surface area (Å²) < 4.78 is 1.59. The predicted molar refractivity (Wildman–Crippen MR) is 44.0 cm³/mol. The molecule has 0 aliphatic carbocycles. The molecule has 0 saturated carbocycles. The topological polar surface area (TPSA) is 62.3 Å². The largest absolute Gasteiger partial charge is 0.384 e. The van der Waals surface area contributed by atoms with Crippen molar-refractivity contribution < 1.29 is 9.78 Å². The van der Waals surface area contributed by atoms with Crippen LogP contribution >= 0.6 is 0 Å². The van der Waals surface area contributed by atoms with Crippen molar-refractivity contribution in [3.8, 4) is 0 Å². The summed E-state index contributed by atoms with van der Waals surface area (Å²) in [5.74, 6) is 0.616. The van der Waals surface area contributed by atoms with E-state index in [4.69, 9.17) is 15.5 Å². The number of hydrogen-bond acceptors (Lipinski definition) is 4. The van der Waals surface area contributed by atoms with Gasteiger partial charge in [0.25, 0.3) is 0 Å². The molecule has 5 heteroatoms. The lowest BCUT2D eigenvalue weighted by Gasteiger charge is -1.96. The molecule has 0 saturated heterocycles. The van der Waals surface area contributed by atoms with Crippen LogP contribution in [0.5, 0.6) is 0 Å². The summed E-state index contributed by atoms with van der Waals surface area (Å²) in [6.07, 6.45) is 0. The van der Waals surface area contributed by atoms with E-state index in [1.165, 1.54) is 0 Å². The van der Waals surface area contributed by atoms with Gasteiger partial charge in [0.2, 0.25) is 0 Å². The molecule has 0 atom stereocenters. The van der Waals surface area contributed by atoms with Gasteiger partial charge in [0.05, 0.1) is 12.3 Å². The second-order valence-corrected chi connectivity index (χ2v) is 2.35. The molecule has 0 aliphatic rings. The van der Waals surface area contributed by atoms with Gasteiger partial charge in [0.15, 0.2) is 0 Å². The van der Waals surface area contributed by atoms with Crippen molar-refractivity contribution in [2.24, 2.45) is 7.05 Å². The second-order valence-electron chi connectivity index (χ2n) is 2.35. The van der Waals surface area contributed by atoms with Crippen LogP contribution in [-0.2, 0) is 23.4 Å². The number of nitrogen functional groups attached to an aromatic ring is 1. The van der Waals surface area contributed by atoms with E-state index in [1.807, 2.05) is 6.92 Å². The second kappa shape index (κ2) is 4.08. The van der Waals surface area contributed by atoms with Crippen molar-refractivity contribution >= 4 is 5.82 Å². The van der Waals surface area contributed by atoms with Crippen molar-refractivity contribution in [1.82, 2.24) is 9.78 Å². The van der Waals surface area contributed by atoms with Gasteiger partial charge < -0.3 is 5.73 Å². The molecule has 1 heterocycles. The molecule has 12 heavy (non-hydrogen) atoms. The fraction of sp³-hybridized carbons (Fsp3) is 0.571. The van der Waals surface area contributed by atoms with Crippen LogP contribution in [0.25, 0.3) is 0 Å². The minimum Gasteiger partial charge on any atom is -0.384 e. The van der Waals surface area contributed by atoms with Crippen LogP contribution in [0.2, 0.25) is 0 Å². The van der Waals surface area contributed by atoms with Crippen molar-refractivity contribution in [3.05, 3.63) is 11.8 Å². The van der Waals surface area contributed by atoms with Gasteiger partial charge in [0, 0.05) is 13.1 Å². The zero-order valence-corrected chi connectivity index (χ0v) is 7.28. The van der Waals surface area contributed by atoms with E-state index in [2.05, 4.69) is 5.10 Å². The summed E-state index contributed by atoms with van der Waals surface area (Å²) >= 11 is 0. The summed E-state index contributed by atoms with van der Waals surface area (Å²) in [6, 6.07) is 1.75. The lowest BCUT2D eigenvalue weighted by molar-refractivity contribution is -0.301. The Labute approximate surface area is 71.0 Å². The van der Waals surface area contributed by atoms with Gasteiger partial charge in [-0.2, -0.15) is 5.10 Å². The summed E-state index contributed by atoms with van der Waals surface area (Å²) in [7, 11) is 1.78. The Kier molecular flexibility index (Phi) is 3.07. The quantitative estimate of drug-likeness (QED) is 0.406. The first-order valence-corrected chi connectivity index (χ1v) is 3.77. The predicted octanol–water partition coefficient (Wildman–Crippen LogP) is 0.470. The van der Waals surface area contributed by atoms with Crippen LogP contribution in [-0.4, -0.2) is 16.4 Å². The molecular weight excluding hydrogens is 158 g/mol. The van der Waals surface area contributed by atoms with Gasteiger partial charge in [-0.15, -0.1) is 0 Å². The van der Waals surface area contributed by atoms with Gasteiger partial charge >= 0.3 is 0 Å². The lowest BCUT2D eigenvalue weighted by atomic mass is 10.4. The lowest BCUT2D eigenvalue weighted by Crippen LogP contribution is -1.98. The Morgan fingerprint density at radius 1 is 1.58 bits per heavy atom. The van der Waals surface area contributed by atoms with Crippen LogP contribution in [0.15, 0.2) is 6.07 Å². The molecule has 0 unspecified atom stereocenters. The Hall–Kier alpha value is -1.07. The molecule has 68 valence electrons. The minimum atomic E-state index is 0.332. The van der Waals surface area contributed by atoms with E-state index in [0.29, 0.717) is 19.0 Å². The van der Waals surface area contributed by atoms with Crippen molar-refractivity contribution in [3.63, 3.8) is 0 Å². The molecular formula is C7H13N3O2. The molecule has 1 aromatic rings. The summed E-state index contributed by atoms with van der Waals surface area (Å²) in [6.45, 7) is 2.72. The molecule has 0 aromatic carbocycles. The Bertz CT molecular complexity index is 227. The molecule has 0 amide bonds. The van der Waals surface area contributed by atoms with E-state index in [1.54, 1.807) is 17.8 Å². The van der Waals surface area contributed by atoms with Gasteiger partial charge in [-0.1, -0.05) is 0 Å². The van der Waals surface area contributed by atoms with E-state index < -0.39 is 0 Å². The molecule has 0 bridgehead atoms. The normalized spacial score (nSPS) is 10.5. The number of anilines is 1. The van der Waals surface area contributed by atoms with Crippen molar-refractivity contribution in [2.75, 3.05) is 12.3 Å². The summed E-state index contributed by atoms with van der Waals surface area (Å²) in [5.41, 5.74) is 6.32. The number of nitrogens with two attached hydrogens (primary N) is 1. The maximum absolute atomic E-state index is 5.55. The van der Waals surface area contributed by atoms with Crippen molar-refractivity contribution in [1.29, 1.82) is 0 Å². The fourth-order valence-electron chi connectivity index (χ4n) is 0.799. The third kappa shape index (κ3) is 2.21. The number of nitrogens with zero attached hydrogens (tertiary/aromatic N) is 2. The Balaban J connectivity index is 2.42. The van der Waals surface area contributed by atoms with Gasteiger partial charge in [0.1, 0.15) is 12.4 Å². The first-order chi connectivity index (χ1) is 5.74. The number of aromatic nitrogens is 2. The molecule has 1 rings (SSSR count). The molecule has 2 N–H and O–H groups in total. The Morgan fingerprint density at radius 3 is 2.83 bits per heavy atom. The van der Waals surface area contributed by atoms with Gasteiger partial charge in [-0.3, -0.25) is 4.68 Å². The van der Waals surface area contributed by atoms with Crippen LogP contribution in [0.1, 0.15) is 12.6 Å². The van der Waals surface area contributed by atoms with Gasteiger partial charge in [-0.05, 0) is 6.92 Å². The first kappa shape index (κ1) is 9.02. The highest BCUT2D eigenvalue weighted by Crippen LogP contribution is 2.05. The zero-order chi connectivity index (χ0) is 8.97. The molecule has 0 fully saturated rings. The monoisotopic (exact) mass is 171 g/mol. The highest BCUT2D eigenvalue weighted by atomic mass is 17.2. The van der Waals surface area contributed by atoms with E-state index >= 15 is 0 Å². The standard InChI is InChI=1S/C7H13N3O2/c1-3-11-12-5-6-4-7(8)10(2)9-6/h4H,3,5,8H2,1-2H3. The van der Waals surface area contributed by atoms with Crippen LogP contribution in [0, 0.1) is 0 Å². The molecule has 1 aromatic heterocycles. The summed E-state index contributed by atoms with van der Waals surface area (Å²) in [5, 5.41) is 4.07. The van der Waals surface area contributed by atoms with Gasteiger partial charge in [-0.25, -0.2) is 9.78 Å². The maximum atomic E-state index is 5.55. The van der Waals surface area contributed by atoms with E-state index in [0.717, 1.165) is 5.69 Å². The van der Waals surface area contributed by atoms with Crippen LogP contribution in [0.4, 0.5) is 5.82 Å². The van der Waals surface area contributed by atoms with E-state index in [-0.39, 0.29) is 0 Å². The molecule has 0 radical (unpaired) electrons. The maximum Gasteiger partial charge on any atom is 0.126 e. The van der Waals surface area contributed by atoms with Crippen molar-refractivity contribution in [2.45, 2.75) is 13.5 Å². The average molecular weight is 171 g/mol. The number of hydrogen-bond donors (Lipinski definition) is 1. The molecule has 0 aliphatic heterocycles. The van der Waals surface area contributed by atoms with Crippen LogP contribution < -0.4 is 5.73 Å². The minimum absolute atomic E-state index is 0.332. The average Bonchev–Trinajstić information content (AvgIpc) is 2.32. The fourth-order valence-corrected chi connectivity index (χ4v) is 0.799. The smallest absolute Gasteiger partial charge is 0.126 e. The Morgan fingerprint density at radius 2 is 2.33 bits per heavy atom. The third-order valence-corrected chi connectivity index (χ3v) is 1.37. The molecule has 5 nitrogen and oxygen atoms in total. The molecule has 0 spiro atoms. The highest BCUT2D eigenvalue weighted by Gasteiger charge is 2.01. The van der Waals surface area contributed by atoms with Crippen LogP contribution in [0.3, 0.4) is 0 Å². The SMILES string of the molecule is CCOOCc1cc(N)n(C)n1. The van der Waals surface area contributed by atoms with E-state index in [9.17, 15) is 0 Å². The zero-order valence-electron chi connectivity index (χ0n) is 7.28.